The lowest BCUT2D eigenvalue weighted by atomic mass is 9.55. The second-order valence-corrected chi connectivity index (χ2v) is 13.1. The number of carbonyl (C=O) groups is 3. The molecular formula is C34H39N3O4. The number of fused-ring (bicyclic) bond motifs is 1. The molecule has 4 bridgehead atoms. The summed E-state index contributed by atoms with van der Waals surface area (Å²) in [6, 6.07) is 14.0. The van der Waals surface area contributed by atoms with Gasteiger partial charge >= 0.3 is 5.97 Å². The van der Waals surface area contributed by atoms with Crippen LogP contribution in [-0.4, -0.2) is 46.9 Å². The van der Waals surface area contributed by atoms with E-state index in [4.69, 9.17) is 4.74 Å². The summed E-state index contributed by atoms with van der Waals surface area (Å²) in [6.07, 6.45) is 9.59. The van der Waals surface area contributed by atoms with E-state index in [9.17, 15) is 14.4 Å². The van der Waals surface area contributed by atoms with Gasteiger partial charge in [-0.2, -0.15) is 0 Å². The van der Waals surface area contributed by atoms with Crippen LogP contribution in [0.3, 0.4) is 0 Å². The summed E-state index contributed by atoms with van der Waals surface area (Å²) >= 11 is 0. The van der Waals surface area contributed by atoms with Crippen molar-refractivity contribution in [2.75, 3.05) is 7.11 Å². The van der Waals surface area contributed by atoms with Crippen LogP contribution in [0.15, 0.2) is 48.7 Å². The van der Waals surface area contributed by atoms with Gasteiger partial charge in [-0.25, -0.2) is 4.79 Å². The van der Waals surface area contributed by atoms with Crippen molar-refractivity contribution < 1.29 is 19.1 Å². The van der Waals surface area contributed by atoms with Crippen LogP contribution >= 0.6 is 0 Å². The molecule has 0 spiro atoms. The van der Waals surface area contributed by atoms with Gasteiger partial charge < -0.3 is 19.9 Å². The molecule has 7 nitrogen and oxygen atoms in total. The number of nitrogens with one attached hydrogen (secondary N) is 2. The van der Waals surface area contributed by atoms with Crippen molar-refractivity contribution in [3.8, 4) is 0 Å². The van der Waals surface area contributed by atoms with Crippen LogP contribution in [0.5, 0.6) is 0 Å². The Bertz CT molecular complexity index is 1490. The van der Waals surface area contributed by atoms with E-state index in [1.54, 1.807) is 12.1 Å². The highest BCUT2D eigenvalue weighted by atomic mass is 16.5. The number of piperidine rings is 2. The van der Waals surface area contributed by atoms with Crippen LogP contribution in [-0.2, 0) is 20.9 Å². The van der Waals surface area contributed by atoms with E-state index in [-0.39, 0.29) is 41.2 Å². The number of methoxy groups -OCH3 is 1. The lowest BCUT2D eigenvalue weighted by Crippen LogP contribution is -2.66. The van der Waals surface area contributed by atoms with Gasteiger partial charge in [-0.1, -0.05) is 31.2 Å². The maximum absolute atomic E-state index is 13.9. The number of amides is 2. The Balaban J connectivity index is 1.02. The number of aromatic amines is 1. The van der Waals surface area contributed by atoms with Crippen LogP contribution in [0.2, 0.25) is 0 Å². The fourth-order valence-electron chi connectivity index (χ4n) is 8.40. The third kappa shape index (κ3) is 4.63. The van der Waals surface area contributed by atoms with Crippen LogP contribution in [0.1, 0.15) is 97.2 Å². The molecule has 7 heteroatoms. The van der Waals surface area contributed by atoms with E-state index in [1.807, 2.05) is 12.1 Å². The first-order valence-corrected chi connectivity index (χ1v) is 15.2. The number of nitrogens with zero attached hydrogens (tertiary/aromatic N) is 1. The van der Waals surface area contributed by atoms with Gasteiger partial charge in [0, 0.05) is 42.1 Å². The van der Waals surface area contributed by atoms with Crippen LogP contribution in [0, 0.1) is 11.3 Å². The second kappa shape index (κ2) is 10.0. The standard InChI is InChI=1S/C34H39N3O4/c1-20(28-19-35-29-5-3-4-27(31(28)29)23-10-11-23)12-30(38)37-25-13-22-14-26(37)17-34(15-22,16-25)33(40)36-18-21-6-8-24(9-7-21)32(39)41-2/h3-9,19-20,22-23,25-26,35H,10-18H2,1-2H3,(H,36,40). The molecule has 1 aromatic heterocycles. The molecule has 2 aromatic carbocycles. The molecule has 5 aliphatic rings. The molecule has 3 saturated carbocycles. The number of carbonyl (C=O) groups excluding carboxylic acids is 3. The number of esters is 1. The Morgan fingerprint density at radius 1 is 1.05 bits per heavy atom. The molecule has 3 unspecified atom stereocenters. The highest BCUT2D eigenvalue weighted by molar-refractivity contribution is 5.90. The van der Waals surface area contributed by atoms with E-state index in [0.29, 0.717) is 30.4 Å². The summed E-state index contributed by atoms with van der Waals surface area (Å²) < 4.78 is 4.77. The minimum atomic E-state index is -0.388. The lowest BCUT2D eigenvalue weighted by Gasteiger charge is -2.60. The molecule has 2 amide bonds. The average Bonchev–Trinajstić information content (AvgIpc) is 3.72. The molecule has 214 valence electrons. The predicted octanol–water partition coefficient (Wildman–Crippen LogP) is 5.80. The Morgan fingerprint density at radius 2 is 1.78 bits per heavy atom. The van der Waals surface area contributed by atoms with E-state index >= 15 is 0 Å². The molecule has 3 aliphatic carbocycles. The van der Waals surface area contributed by atoms with Crippen molar-refractivity contribution in [1.82, 2.24) is 15.2 Å². The predicted molar refractivity (Wildman–Crippen MR) is 156 cm³/mol. The first kappa shape index (κ1) is 26.3. The number of aromatic nitrogens is 1. The third-order valence-corrected chi connectivity index (χ3v) is 10.3. The molecule has 41 heavy (non-hydrogen) atoms. The summed E-state index contributed by atoms with van der Waals surface area (Å²) in [6.45, 7) is 2.61. The van der Waals surface area contributed by atoms with Gasteiger partial charge in [-0.15, -0.1) is 0 Å². The summed E-state index contributed by atoms with van der Waals surface area (Å²) in [5.41, 5.74) is 4.92. The summed E-state index contributed by atoms with van der Waals surface area (Å²) in [5.74, 6) is 1.29. The molecule has 2 saturated heterocycles. The van der Waals surface area contributed by atoms with Gasteiger partial charge in [0.05, 0.1) is 18.1 Å². The molecule has 2 aliphatic heterocycles. The van der Waals surface area contributed by atoms with Crippen LogP contribution < -0.4 is 5.32 Å². The number of hydrogen-bond donors (Lipinski definition) is 2. The lowest BCUT2D eigenvalue weighted by molar-refractivity contribution is -0.167. The summed E-state index contributed by atoms with van der Waals surface area (Å²) in [4.78, 5) is 44.8. The fourth-order valence-corrected chi connectivity index (χ4v) is 8.40. The van der Waals surface area contributed by atoms with Crippen molar-refractivity contribution in [2.45, 2.75) is 88.8 Å². The van der Waals surface area contributed by atoms with Crippen molar-refractivity contribution in [2.24, 2.45) is 11.3 Å². The molecule has 2 N–H and O–H groups in total. The largest absolute Gasteiger partial charge is 0.465 e. The van der Waals surface area contributed by atoms with E-state index in [2.05, 4.69) is 46.5 Å². The zero-order valence-electron chi connectivity index (χ0n) is 23.9. The highest BCUT2D eigenvalue weighted by Crippen LogP contribution is 2.56. The Hall–Kier alpha value is -3.61. The number of ether oxygens (including phenoxy) is 1. The molecule has 5 fully saturated rings. The average molecular weight is 554 g/mol. The smallest absolute Gasteiger partial charge is 0.337 e. The number of benzene rings is 2. The minimum absolute atomic E-state index is 0.112. The van der Waals surface area contributed by atoms with Crippen LogP contribution in [0.25, 0.3) is 10.9 Å². The SMILES string of the molecule is COC(=O)c1ccc(CNC(=O)C23CC4CC(C2)N(C(=O)CC(C)c2c[nH]c5cccc(C6CC6)c25)C(C4)C3)cc1. The minimum Gasteiger partial charge on any atom is -0.465 e. The third-order valence-electron chi connectivity index (χ3n) is 10.3. The topological polar surface area (TPSA) is 91.5 Å². The van der Waals surface area contributed by atoms with Crippen LogP contribution in [0.4, 0.5) is 0 Å². The van der Waals surface area contributed by atoms with E-state index in [1.165, 1.54) is 42.0 Å². The van der Waals surface area contributed by atoms with Gasteiger partial charge in [-0.05, 0) is 97.6 Å². The maximum Gasteiger partial charge on any atom is 0.337 e. The van der Waals surface area contributed by atoms with Gasteiger partial charge in [0.25, 0.3) is 0 Å². The maximum atomic E-state index is 13.9. The van der Waals surface area contributed by atoms with Crippen molar-refractivity contribution in [1.29, 1.82) is 0 Å². The number of hydrogen-bond acceptors (Lipinski definition) is 4. The molecule has 3 atom stereocenters. The first-order chi connectivity index (χ1) is 19.8. The van der Waals surface area contributed by atoms with Gasteiger partial charge in [-0.3, -0.25) is 9.59 Å². The monoisotopic (exact) mass is 553 g/mol. The molecule has 0 radical (unpaired) electrons. The Morgan fingerprint density at radius 3 is 2.46 bits per heavy atom. The molecule has 3 heterocycles. The normalized spacial score (nSPS) is 27.2. The summed E-state index contributed by atoms with van der Waals surface area (Å²) in [7, 11) is 1.37. The number of H-pyrrole nitrogens is 1. The van der Waals surface area contributed by atoms with E-state index < -0.39 is 0 Å². The zero-order chi connectivity index (χ0) is 28.3. The Kier molecular flexibility index (Phi) is 6.44. The fraction of sp³-hybridized carbons (Fsp3) is 0.500. The number of rotatable bonds is 8. The quantitative estimate of drug-likeness (QED) is 0.345. The van der Waals surface area contributed by atoms with Crippen molar-refractivity contribution in [3.63, 3.8) is 0 Å². The highest BCUT2D eigenvalue weighted by Gasteiger charge is 2.58. The van der Waals surface area contributed by atoms with Gasteiger partial charge in [0.2, 0.25) is 11.8 Å². The molecular weight excluding hydrogens is 514 g/mol. The van der Waals surface area contributed by atoms with Gasteiger partial charge in [0.1, 0.15) is 0 Å². The Labute approximate surface area is 241 Å². The molecule has 8 rings (SSSR count). The van der Waals surface area contributed by atoms with Gasteiger partial charge in [0.15, 0.2) is 0 Å². The zero-order valence-corrected chi connectivity index (χ0v) is 23.9. The first-order valence-electron chi connectivity index (χ1n) is 15.2. The second-order valence-electron chi connectivity index (χ2n) is 13.1. The molecule has 3 aromatic rings. The van der Waals surface area contributed by atoms with Crippen molar-refractivity contribution in [3.05, 3.63) is 70.9 Å². The summed E-state index contributed by atoms with van der Waals surface area (Å²) in [5, 5.41) is 4.51. The van der Waals surface area contributed by atoms with Crippen molar-refractivity contribution >= 4 is 28.7 Å². The van der Waals surface area contributed by atoms with E-state index in [0.717, 1.165) is 37.7 Å².